The number of hydrogen-bond acceptors (Lipinski definition) is 6. The Morgan fingerprint density at radius 1 is 1.00 bits per heavy atom. The zero-order valence-electron chi connectivity index (χ0n) is 20.0. The lowest BCUT2D eigenvalue weighted by molar-refractivity contribution is -0.321. The number of amides is 4. The summed E-state index contributed by atoms with van der Waals surface area (Å²) < 4.78 is 54.8. The largest absolute Gasteiger partial charge is 0.522 e. The number of hydrogen-bond donors (Lipinski definition) is 4. The van der Waals surface area contributed by atoms with E-state index in [-0.39, 0.29) is 43.9 Å². The van der Waals surface area contributed by atoms with E-state index in [0.29, 0.717) is 13.0 Å². The van der Waals surface area contributed by atoms with Gasteiger partial charge in [-0.15, -0.1) is 13.2 Å². The van der Waals surface area contributed by atoms with Crippen LogP contribution >= 0.6 is 0 Å². The molecule has 4 saturated carbocycles. The predicted molar refractivity (Wildman–Crippen MR) is 117 cm³/mol. The molecule has 1 heterocycles. The third-order valence-corrected chi connectivity index (χ3v) is 7.73. The average molecular weight is 535 g/mol. The number of nitrogens with one attached hydrogen (secondary N) is 4. The quantitative estimate of drug-likeness (QED) is 0.225. The van der Waals surface area contributed by atoms with Crippen molar-refractivity contribution in [1.82, 2.24) is 21.3 Å². The zero-order valence-corrected chi connectivity index (χ0v) is 20.0. The van der Waals surface area contributed by atoms with Gasteiger partial charge in [0, 0.05) is 37.3 Å². The van der Waals surface area contributed by atoms with Gasteiger partial charge in [0.15, 0.2) is 5.78 Å². The molecule has 2 unspecified atom stereocenters. The van der Waals surface area contributed by atoms with Gasteiger partial charge in [-0.1, -0.05) is 19.3 Å². The first-order chi connectivity index (χ1) is 17.3. The Labute approximate surface area is 210 Å². The Kier molecular flexibility index (Phi) is 7.50. The molecule has 5 rings (SSSR count). The summed E-state index contributed by atoms with van der Waals surface area (Å²) in [5.41, 5.74) is -2.03. The lowest BCUT2D eigenvalue weighted by Gasteiger charge is -2.65. The maximum absolute atomic E-state index is 13.7. The normalized spacial score (nSPS) is 30.1. The standard InChI is InChI=1S/C23H30F4N4O6/c24-21-9-22(10-21,11-21)31-20(36)19(35)30-15(6-12-2-1-3-12)18(34)29-14(7-13-4-5-28-17(13)33)16(32)8-37-23(25,26)27/h12-15H,1-11H2,(H,28,33)(H,29,34)(H,30,35)(H,31,36)/t13-,14?,15?,21?,22?/m0/s1. The minimum absolute atomic E-state index is 0.0754. The van der Waals surface area contributed by atoms with Crippen LogP contribution in [-0.4, -0.2) is 72.2 Å². The third kappa shape index (κ3) is 6.57. The van der Waals surface area contributed by atoms with E-state index in [1.54, 1.807) is 0 Å². The molecule has 37 heavy (non-hydrogen) atoms. The van der Waals surface area contributed by atoms with E-state index in [0.717, 1.165) is 19.3 Å². The topological polar surface area (TPSA) is 143 Å². The van der Waals surface area contributed by atoms with Crippen molar-refractivity contribution in [3.8, 4) is 0 Å². The molecule has 0 spiro atoms. The van der Waals surface area contributed by atoms with E-state index < -0.39 is 65.7 Å². The molecule has 14 heteroatoms. The van der Waals surface area contributed by atoms with Crippen LogP contribution in [0.3, 0.4) is 0 Å². The number of carbonyl (C=O) groups is 5. The average Bonchev–Trinajstić information content (AvgIpc) is 3.14. The smallest absolute Gasteiger partial charge is 0.356 e. The van der Waals surface area contributed by atoms with Gasteiger partial charge in [-0.2, -0.15) is 0 Å². The van der Waals surface area contributed by atoms with E-state index in [2.05, 4.69) is 26.0 Å². The van der Waals surface area contributed by atoms with Crippen molar-refractivity contribution in [3.63, 3.8) is 0 Å². The SMILES string of the molecule is O=C(NC(CC1CCC1)C(=O)NC(C[C@@H]1CCNC1=O)C(=O)COC(F)(F)F)C(=O)NC12CC(F)(C1)C2. The van der Waals surface area contributed by atoms with Gasteiger partial charge in [0.1, 0.15) is 18.3 Å². The first kappa shape index (κ1) is 27.3. The van der Waals surface area contributed by atoms with Crippen LogP contribution in [0.2, 0.25) is 0 Å². The fraction of sp³-hybridized carbons (Fsp3) is 0.783. The van der Waals surface area contributed by atoms with Gasteiger partial charge in [-0.3, -0.25) is 28.7 Å². The minimum atomic E-state index is -5.06. The summed E-state index contributed by atoms with van der Waals surface area (Å²) in [6.07, 6.45) is -1.92. The summed E-state index contributed by atoms with van der Waals surface area (Å²) in [5, 5.41) is 9.80. The number of ketones is 1. The number of halogens is 4. The van der Waals surface area contributed by atoms with Crippen molar-refractivity contribution in [2.24, 2.45) is 11.8 Å². The second-order valence-corrected chi connectivity index (χ2v) is 10.7. The first-order valence-electron chi connectivity index (χ1n) is 12.4. The van der Waals surface area contributed by atoms with Gasteiger partial charge in [-0.05, 0) is 25.2 Å². The van der Waals surface area contributed by atoms with Gasteiger partial charge in [-0.25, -0.2) is 4.39 Å². The van der Waals surface area contributed by atoms with E-state index in [1.165, 1.54) is 0 Å². The van der Waals surface area contributed by atoms with Crippen molar-refractivity contribution >= 4 is 29.4 Å². The second kappa shape index (κ2) is 10.2. The molecule has 1 aliphatic heterocycles. The summed E-state index contributed by atoms with van der Waals surface area (Å²) in [7, 11) is 0. The summed E-state index contributed by atoms with van der Waals surface area (Å²) in [6.45, 7) is -1.03. The third-order valence-electron chi connectivity index (χ3n) is 7.73. The fourth-order valence-electron chi connectivity index (χ4n) is 5.56. The molecule has 10 nitrogen and oxygen atoms in total. The van der Waals surface area contributed by atoms with Crippen LogP contribution in [0.25, 0.3) is 0 Å². The molecule has 0 radical (unpaired) electrons. The van der Waals surface area contributed by atoms with Crippen molar-refractivity contribution in [3.05, 3.63) is 0 Å². The molecule has 4 amide bonds. The number of Topliss-reactive ketones (excluding diaryl/α,β-unsaturated/α-hetero) is 1. The van der Waals surface area contributed by atoms with Gasteiger partial charge in [0.05, 0.1) is 6.04 Å². The van der Waals surface area contributed by atoms with Crippen LogP contribution in [0.15, 0.2) is 0 Å². The van der Waals surface area contributed by atoms with Gasteiger partial charge >= 0.3 is 18.2 Å². The Hall–Kier alpha value is -2.77. The number of carbonyl (C=O) groups excluding carboxylic acids is 5. The lowest BCUT2D eigenvalue weighted by Crippen LogP contribution is -2.77. The highest BCUT2D eigenvalue weighted by molar-refractivity contribution is 6.35. The molecule has 5 aliphatic rings. The molecule has 1 saturated heterocycles. The number of ether oxygens (including phenoxy) is 1. The van der Waals surface area contributed by atoms with Crippen LogP contribution in [0.1, 0.15) is 57.8 Å². The van der Waals surface area contributed by atoms with E-state index in [9.17, 15) is 41.5 Å². The van der Waals surface area contributed by atoms with E-state index in [1.807, 2.05) is 0 Å². The molecular weight excluding hydrogens is 504 g/mol. The fourth-order valence-corrected chi connectivity index (χ4v) is 5.56. The maximum Gasteiger partial charge on any atom is 0.522 e. The van der Waals surface area contributed by atoms with Gasteiger partial charge in [0.2, 0.25) is 11.8 Å². The van der Waals surface area contributed by atoms with Crippen molar-refractivity contribution in [1.29, 1.82) is 0 Å². The molecule has 206 valence electrons. The summed E-state index contributed by atoms with van der Waals surface area (Å²) in [5.74, 6) is -5.06. The van der Waals surface area contributed by atoms with Gasteiger partial charge in [0.25, 0.3) is 0 Å². The first-order valence-corrected chi connectivity index (χ1v) is 12.4. The molecule has 4 N–H and O–H groups in total. The maximum atomic E-state index is 13.7. The summed E-state index contributed by atoms with van der Waals surface area (Å²) in [4.78, 5) is 62.6. The number of rotatable bonds is 11. The Bertz CT molecular complexity index is 950. The summed E-state index contributed by atoms with van der Waals surface area (Å²) in [6, 6.07) is -2.71. The Balaban J connectivity index is 1.40. The van der Waals surface area contributed by atoms with Crippen molar-refractivity contribution < 1.29 is 46.3 Å². The minimum Gasteiger partial charge on any atom is -0.356 e. The monoisotopic (exact) mass is 534 g/mol. The highest BCUT2D eigenvalue weighted by Gasteiger charge is 2.70. The van der Waals surface area contributed by atoms with Crippen LogP contribution < -0.4 is 21.3 Å². The number of alkyl halides is 4. The molecule has 3 atom stereocenters. The highest BCUT2D eigenvalue weighted by Crippen LogP contribution is 2.62. The molecule has 0 aromatic carbocycles. The zero-order chi connectivity index (χ0) is 27.0. The van der Waals surface area contributed by atoms with Crippen molar-refractivity contribution in [2.75, 3.05) is 13.2 Å². The van der Waals surface area contributed by atoms with E-state index >= 15 is 0 Å². The Morgan fingerprint density at radius 2 is 1.68 bits per heavy atom. The van der Waals surface area contributed by atoms with E-state index in [4.69, 9.17) is 0 Å². The second-order valence-electron chi connectivity index (χ2n) is 10.7. The molecule has 4 aliphatic carbocycles. The van der Waals surface area contributed by atoms with Crippen LogP contribution in [0.4, 0.5) is 17.6 Å². The Morgan fingerprint density at radius 3 is 2.19 bits per heavy atom. The molecular formula is C23H30F4N4O6. The van der Waals surface area contributed by atoms with Gasteiger partial charge < -0.3 is 21.3 Å². The van der Waals surface area contributed by atoms with Crippen LogP contribution in [0, 0.1) is 11.8 Å². The lowest BCUT2D eigenvalue weighted by atomic mass is 9.47. The summed E-state index contributed by atoms with van der Waals surface area (Å²) >= 11 is 0. The molecule has 0 aromatic rings. The molecule has 5 fully saturated rings. The molecule has 2 bridgehead atoms. The highest BCUT2D eigenvalue weighted by atomic mass is 19.4. The van der Waals surface area contributed by atoms with Crippen molar-refractivity contribution in [2.45, 2.75) is 87.4 Å². The van der Waals surface area contributed by atoms with Crippen LogP contribution in [-0.2, 0) is 28.7 Å². The molecule has 0 aromatic heterocycles. The predicted octanol–water partition coefficient (Wildman–Crippen LogP) is 0.539. The van der Waals surface area contributed by atoms with Crippen LogP contribution in [0.5, 0.6) is 0 Å².